The molecule has 0 aromatic heterocycles. The van der Waals surface area contributed by atoms with Gasteiger partial charge in [0.25, 0.3) is 0 Å². The van der Waals surface area contributed by atoms with Crippen LogP contribution in [0.4, 0.5) is 0 Å². The third-order valence-corrected chi connectivity index (χ3v) is 2.92. The molecule has 0 saturated carbocycles. The largest absolute Gasteiger partial charge is 0.339 e. The van der Waals surface area contributed by atoms with Crippen LogP contribution in [0.3, 0.4) is 0 Å². The van der Waals surface area contributed by atoms with E-state index in [9.17, 15) is 4.79 Å². The minimum absolute atomic E-state index is 0.0820. The highest BCUT2D eigenvalue weighted by Crippen LogP contribution is 2.06. The van der Waals surface area contributed by atoms with E-state index in [1.807, 2.05) is 4.90 Å². The second kappa shape index (κ2) is 6.08. The number of rotatable bonds is 4. The lowest BCUT2D eigenvalue weighted by Gasteiger charge is -2.34. The summed E-state index contributed by atoms with van der Waals surface area (Å²) >= 11 is 0. The Morgan fingerprint density at radius 3 is 2.33 bits per heavy atom. The molecule has 2 N–H and O–H groups in total. The molecule has 0 spiro atoms. The standard InChI is InChI=1S/C11H23N3O/c1-10(2)3-4-13-5-7-14(8-6-13)11(15)9-12/h10H,3-9,12H2,1-2H3. The lowest BCUT2D eigenvalue weighted by atomic mass is 10.1. The van der Waals surface area contributed by atoms with Gasteiger partial charge in [-0.25, -0.2) is 0 Å². The third-order valence-electron chi connectivity index (χ3n) is 2.92. The molecule has 0 radical (unpaired) electrons. The quantitative estimate of drug-likeness (QED) is 0.722. The first kappa shape index (κ1) is 12.5. The number of nitrogens with zero attached hydrogens (tertiary/aromatic N) is 2. The molecule has 1 heterocycles. The lowest BCUT2D eigenvalue weighted by Crippen LogP contribution is -2.50. The average Bonchev–Trinajstić information content (AvgIpc) is 2.26. The molecule has 0 aromatic rings. The number of hydrogen-bond donors (Lipinski definition) is 1. The fraction of sp³-hybridized carbons (Fsp3) is 0.909. The maximum absolute atomic E-state index is 11.3. The Labute approximate surface area is 92.4 Å². The predicted octanol–water partition coefficient (Wildman–Crippen LogP) is 0.135. The maximum Gasteiger partial charge on any atom is 0.236 e. The van der Waals surface area contributed by atoms with Crippen molar-refractivity contribution in [1.29, 1.82) is 0 Å². The summed E-state index contributed by atoms with van der Waals surface area (Å²) in [6.45, 7) is 9.47. The topological polar surface area (TPSA) is 49.6 Å². The molecule has 0 unspecified atom stereocenters. The minimum atomic E-state index is 0.0820. The van der Waals surface area contributed by atoms with Crippen molar-refractivity contribution in [2.24, 2.45) is 11.7 Å². The Bertz CT molecular complexity index is 198. The summed E-state index contributed by atoms with van der Waals surface area (Å²) < 4.78 is 0. The summed E-state index contributed by atoms with van der Waals surface area (Å²) in [5, 5.41) is 0. The van der Waals surface area contributed by atoms with E-state index in [0.29, 0.717) is 0 Å². The molecular formula is C11H23N3O. The van der Waals surface area contributed by atoms with Crippen molar-refractivity contribution in [2.45, 2.75) is 20.3 Å². The zero-order chi connectivity index (χ0) is 11.3. The summed E-state index contributed by atoms with van der Waals surface area (Å²) in [6.07, 6.45) is 1.24. The molecule has 1 amide bonds. The van der Waals surface area contributed by atoms with Crippen LogP contribution >= 0.6 is 0 Å². The van der Waals surface area contributed by atoms with Crippen LogP contribution in [0.2, 0.25) is 0 Å². The molecule has 1 aliphatic heterocycles. The third kappa shape index (κ3) is 4.18. The van der Waals surface area contributed by atoms with E-state index in [1.165, 1.54) is 6.42 Å². The Kier molecular flexibility index (Phi) is 5.05. The van der Waals surface area contributed by atoms with Gasteiger partial charge >= 0.3 is 0 Å². The highest BCUT2D eigenvalue weighted by Gasteiger charge is 2.19. The van der Waals surface area contributed by atoms with E-state index in [1.54, 1.807) is 0 Å². The van der Waals surface area contributed by atoms with Crippen LogP contribution in [0, 0.1) is 5.92 Å². The van der Waals surface area contributed by atoms with Crippen molar-refractivity contribution < 1.29 is 4.79 Å². The number of amides is 1. The van der Waals surface area contributed by atoms with Crippen molar-refractivity contribution in [3.05, 3.63) is 0 Å². The van der Waals surface area contributed by atoms with Gasteiger partial charge in [-0.3, -0.25) is 9.69 Å². The molecule has 0 aromatic carbocycles. The molecule has 1 aliphatic rings. The highest BCUT2D eigenvalue weighted by molar-refractivity contribution is 5.78. The second-order valence-corrected chi connectivity index (χ2v) is 4.61. The number of carbonyl (C=O) groups excluding carboxylic acids is 1. The van der Waals surface area contributed by atoms with Gasteiger partial charge < -0.3 is 10.6 Å². The molecule has 0 aliphatic carbocycles. The Hall–Kier alpha value is -0.610. The normalized spacial score (nSPS) is 18.5. The van der Waals surface area contributed by atoms with Gasteiger partial charge in [0, 0.05) is 26.2 Å². The van der Waals surface area contributed by atoms with Gasteiger partial charge in [-0.15, -0.1) is 0 Å². The van der Waals surface area contributed by atoms with E-state index in [0.717, 1.165) is 38.6 Å². The fourth-order valence-corrected chi connectivity index (χ4v) is 1.79. The van der Waals surface area contributed by atoms with Gasteiger partial charge in [0.15, 0.2) is 0 Å². The second-order valence-electron chi connectivity index (χ2n) is 4.61. The smallest absolute Gasteiger partial charge is 0.236 e. The summed E-state index contributed by atoms with van der Waals surface area (Å²) in [4.78, 5) is 15.6. The van der Waals surface area contributed by atoms with Crippen LogP contribution in [0.15, 0.2) is 0 Å². The van der Waals surface area contributed by atoms with Crippen LogP contribution in [-0.4, -0.2) is 55.0 Å². The molecule has 1 saturated heterocycles. The number of nitrogens with two attached hydrogens (primary N) is 1. The van der Waals surface area contributed by atoms with Crippen LogP contribution in [0.5, 0.6) is 0 Å². The van der Waals surface area contributed by atoms with E-state index in [4.69, 9.17) is 5.73 Å². The van der Waals surface area contributed by atoms with Gasteiger partial charge in [0.1, 0.15) is 0 Å². The Balaban J connectivity index is 2.21. The zero-order valence-electron chi connectivity index (χ0n) is 9.91. The number of piperazine rings is 1. The van der Waals surface area contributed by atoms with Crippen LogP contribution in [-0.2, 0) is 4.79 Å². The van der Waals surface area contributed by atoms with Crippen LogP contribution in [0.25, 0.3) is 0 Å². The predicted molar refractivity (Wildman–Crippen MR) is 61.5 cm³/mol. The van der Waals surface area contributed by atoms with E-state index in [-0.39, 0.29) is 12.5 Å². The molecule has 1 rings (SSSR count). The Morgan fingerprint density at radius 2 is 1.87 bits per heavy atom. The summed E-state index contributed by atoms with van der Waals surface area (Å²) in [5.74, 6) is 0.840. The molecule has 0 bridgehead atoms. The molecule has 0 atom stereocenters. The van der Waals surface area contributed by atoms with Crippen molar-refractivity contribution in [3.8, 4) is 0 Å². The monoisotopic (exact) mass is 213 g/mol. The van der Waals surface area contributed by atoms with E-state index in [2.05, 4.69) is 18.7 Å². The number of carbonyl (C=O) groups is 1. The molecular weight excluding hydrogens is 190 g/mol. The van der Waals surface area contributed by atoms with Gasteiger partial charge in [-0.2, -0.15) is 0 Å². The van der Waals surface area contributed by atoms with Gasteiger partial charge in [-0.05, 0) is 18.9 Å². The maximum atomic E-state index is 11.3. The fourth-order valence-electron chi connectivity index (χ4n) is 1.79. The number of hydrogen-bond acceptors (Lipinski definition) is 3. The van der Waals surface area contributed by atoms with Crippen molar-refractivity contribution in [2.75, 3.05) is 39.3 Å². The summed E-state index contributed by atoms with van der Waals surface area (Å²) in [7, 11) is 0. The zero-order valence-corrected chi connectivity index (χ0v) is 9.91. The first-order valence-electron chi connectivity index (χ1n) is 5.83. The van der Waals surface area contributed by atoms with Gasteiger partial charge in [-0.1, -0.05) is 13.8 Å². The average molecular weight is 213 g/mol. The van der Waals surface area contributed by atoms with Gasteiger partial charge in [0.2, 0.25) is 5.91 Å². The molecule has 15 heavy (non-hydrogen) atoms. The Morgan fingerprint density at radius 1 is 1.27 bits per heavy atom. The first-order valence-corrected chi connectivity index (χ1v) is 5.83. The summed E-state index contributed by atoms with van der Waals surface area (Å²) in [5.41, 5.74) is 5.33. The molecule has 4 heteroatoms. The van der Waals surface area contributed by atoms with Crippen molar-refractivity contribution >= 4 is 5.91 Å². The molecule has 1 fully saturated rings. The van der Waals surface area contributed by atoms with E-state index >= 15 is 0 Å². The SMILES string of the molecule is CC(C)CCN1CCN(C(=O)CN)CC1. The van der Waals surface area contributed by atoms with E-state index < -0.39 is 0 Å². The van der Waals surface area contributed by atoms with Crippen molar-refractivity contribution in [1.82, 2.24) is 9.80 Å². The molecule has 88 valence electrons. The van der Waals surface area contributed by atoms with Crippen LogP contribution < -0.4 is 5.73 Å². The highest BCUT2D eigenvalue weighted by atomic mass is 16.2. The first-order chi connectivity index (χ1) is 7.13. The molecule has 4 nitrogen and oxygen atoms in total. The lowest BCUT2D eigenvalue weighted by molar-refractivity contribution is -0.131. The van der Waals surface area contributed by atoms with Crippen LogP contribution in [0.1, 0.15) is 20.3 Å². The van der Waals surface area contributed by atoms with Crippen molar-refractivity contribution in [3.63, 3.8) is 0 Å². The summed E-state index contributed by atoms with van der Waals surface area (Å²) in [6, 6.07) is 0. The minimum Gasteiger partial charge on any atom is -0.339 e. The van der Waals surface area contributed by atoms with Gasteiger partial charge in [0.05, 0.1) is 6.54 Å².